The van der Waals surface area contributed by atoms with Gasteiger partial charge >= 0.3 is 0 Å². The van der Waals surface area contributed by atoms with E-state index in [4.69, 9.17) is 26.8 Å². The maximum absolute atomic E-state index is 10.7. The zero-order chi connectivity index (χ0) is 17.6. The van der Waals surface area contributed by atoms with Crippen LogP contribution < -0.4 is 10.5 Å². The Bertz CT molecular complexity index is 704. The number of amides is 1. The summed E-state index contributed by atoms with van der Waals surface area (Å²) in [5, 5.41) is 0.732. The summed E-state index contributed by atoms with van der Waals surface area (Å²) in [5.74, 6) is 0.161. The van der Waals surface area contributed by atoms with Crippen LogP contribution in [0.25, 0.3) is 0 Å². The normalized spacial score (nSPS) is 18.0. The van der Waals surface area contributed by atoms with Gasteiger partial charge in [-0.15, -0.1) is 0 Å². The molecule has 0 bridgehead atoms. The third-order valence-electron chi connectivity index (χ3n) is 4.10. The first kappa shape index (κ1) is 17.7. The second-order valence-corrected chi connectivity index (χ2v) is 6.48. The highest BCUT2D eigenvalue weighted by Gasteiger charge is 2.22. The fourth-order valence-electron chi connectivity index (χ4n) is 2.83. The molecule has 0 saturated carbocycles. The van der Waals surface area contributed by atoms with Gasteiger partial charge < -0.3 is 15.2 Å². The summed E-state index contributed by atoms with van der Waals surface area (Å²) in [5.41, 5.74) is 7.40. The van der Waals surface area contributed by atoms with E-state index in [2.05, 4.69) is 4.90 Å². The first-order valence-corrected chi connectivity index (χ1v) is 8.57. The van der Waals surface area contributed by atoms with Crippen LogP contribution in [-0.2, 0) is 16.1 Å². The number of nitrogens with two attached hydrogens (primary N) is 1. The Morgan fingerprint density at radius 2 is 1.92 bits per heavy atom. The molecule has 2 N–H and O–H groups in total. The van der Waals surface area contributed by atoms with Crippen molar-refractivity contribution in [2.45, 2.75) is 12.6 Å². The van der Waals surface area contributed by atoms with Crippen molar-refractivity contribution in [1.82, 2.24) is 4.90 Å². The van der Waals surface area contributed by atoms with Crippen molar-refractivity contribution in [1.29, 1.82) is 0 Å². The summed E-state index contributed by atoms with van der Waals surface area (Å²) in [7, 11) is 0. The molecule has 0 radical (unpaired) electrons. The minimum Gasteiger partial charge on any atom is -0.484 e. The minimum atomic E-state index is -0.481. The van der Waals surface area contributed by atoms with Crippen LogP contribution in [0, 0.1) is 0 Å². The van der Waals surface area contributed by atoms with Crippen LogP contribution in [0.2, 0.25) is 5.02 Å². The SMILES string of the molecule is NC(=O)COc1ccc(CN2CCO[C@H](c3ccc(Cl)cc3)C2)cc1. The van der Waals surface area contributed by atoms with Crippen LogP contribution in [0.4, 0.5) is 0 Å². The van der Waals surface area contributed by atoms with E-state index in [0.717, 1.165) is 30.2 Å². The van der Waals surface area contributed by atoms with Crippen LogP contribution in [0.3, 0.4) is 0 Å². The Kier molecular flexibility index (Phi) is 5.91. The molecule has 1 heterocycles. The topological polar surface area (TPSA) is 64.8 Å². The predicted octanol–water partition coefficient (Wildman–Crippen LogP) is 2.78. The molecule has 3 rings (SSSR count). The van der Waals surface area contributed by atoms with Gasteiger partial charge in [0, 0.05) is 24.7 Å². The molecule has 6 heteroatoms. The molecule has 132 valence electrons. The summed E-state index contributed by atoms with van der Waals surface area (Å²) in [4.78, 5) is 13.1. The Labute approximate surface area is 152 Å². The standard InChI is InChI=1S/C19H21ClN2O3/c20-16-5-3-15(4-6-16)18-12-22(9-10-24-18)11-14-1-7-17(8-2-14)25-13-19(21)23/h1-8,18H,9-13H2,(H2,21,23)/t18-/m0/s1. The van der Waals surface area contributed by atoms with Gasteiger partial charge in [0.05, 0.1) is 12.7 Å². The molecule has 2 aromatic carbocycles. The zero-order valence-electron chi connectivity index (χ0n) is 13.9. The van der Waals surface area contributed by atoms with Gasteiger partial charge in [-0.3, -0.25) is 9.69 Å². The van der Waals surface area contributed by atoms with Crippen molar-refractivity contribution in [3.05, 3.63) is 64.7 Å². The Hall–Kier alpha value is -2.08. The first-order valence-electron chi connectivity index (χ1n) is 8.19. The number of halogens is 1. The Morgan fingerprint density at radius 1 is 1.20 bits per heavy atom. The Morgan fingerprint density at radius 3 is 2.60 bits per heavy atom. The predicted molar refractivity (Wildman–Crippen MR) is 96.6 cm³/mol. The lowest BCUT2D eigenvalue weighted by Crippen LogP contribution is -2.37. The van der Waals surface area contributed by atoms with E-state index in [1.807, 2.05) is 48.5 Å². The van der Waals surface area contributed by atoms with Crippen LogP contribution in [0.15, 0.2) is 48.5 Å². The van der Waals surface area contributed by atoms with Crippen molar-refractivity contribution < 1.29 is 14.3 Å². The van der Waals surface area contributed by atoms with Crippen LogP contribution in [0.1, 0.15) is 17.2 Å². The first-order chi connectivity index (χ1) is 12.1. The molecule has 1 amide bonds. The fraction of sp³-hybridized carbons (Fsp3) is 0.316. The number of carbonyl (C=O) groups excluding carboxylic acids is 1. The molecule has 0 aromatic heterocycles. The summed E-state index contributed by atoms with van der Waals surface area (Å²) < 4.78 is 11.2. The maximum atomic E-state index is 10.7. The third kappa shape index (κ3) is 5.19. The van der Waals surface area contributed by atoms with Crippen LogP contribution in [-0.4, -0.2) is 37.1 Å². The van der Waals surface area contributed by atoms with E-state index >= 15 is 0 Å². The summed E-state index contributed by atoms with van der Waals surface area (Å²) in [6.45, 7) is 3.16. The van der Waals surface area contributed by atoms with Gasteiger partial charge in [-0.25, -0.2) is 0 Å². The average Bonchev–Trinajstić information content (AvgIpc) is 2.62. The monoisotopic (exact) mass is 360 g/mol. The number of carbonyl (C=O) groups is 1. The van der Waals surface area contributed by atoms with E-state index in [1.165, 1.54) is 5.56 Å². The number of morpholine rings is 1. The van der Waals surface area contributed by atoms with Crippen molar-refractivity contribution in [2.75, 3.05) is 26.3 Å². The summed E-state index contributed by atoms with van der Waals surface area (Å²) in [6, 6.07) is 15.5. The third-order valence-corrected chi connectivity index (χ3v) is 4.35. The highest BCUT2D eigenvalue weighted by atomic mass is 35.5. The van der Waals surface area contributed by atoms with Gasteiger partial charge in [0.1, 0.15) is 5.75 Å². The molecular formula is C19H21ClN2O3. The van der Waals surface area contributed by atoms with Gasteiger partial charge in [0.25, 0.3) is 5.91 Å². The quantitative estimate of drug-likeness (QED) is 0.860. The largest absolute Gasteiger partial charge is 0.484 e. The summed E-state index contributed by atoms with van der Waals surface area (Å²) in [6.07, 6.45) is 0.0594. The molecule has 0 unspecified atom stereocenters. The number of hydrogen-bond donors (Lipinski definition) is 1. The molecular weight excluding hydrogens is 340 g/mol. The van der Waals surface area contributed by atoms with Gasteiger partial charge in [0.2, 0.25) is 0 Å². The maximum Gasteiger partial charge on any atom is 0.255 e. The highest BCUT2D eigenvalue weighted by molar-refractivity contribution is 6.30. The fourth-order valence-corrected chi connectivity index (χ4v) is 2.95. The Balaban J connectivity index is 1.57. The molecule has 1 aliphatic heterocycles. The molecule has 0 aliphatic carbocycles. The number of rotatable bonds is 6. The van der Waals surface area contributed by atoms with Crippen molar-refractivity contribution in [3.8, 4) is 5.75 Å². The summed E-state index contributed by atoms with van der Waals surface area (Å²) >= 11 is 5.95. The highest BCUT2D eigenvalue weighted by Crippen LogP contribution is 2.25. The van der Waals surface area contributed by atoms with Gasteiger partial charge in [-0.05, 0) is 35.4 Å². The van der Waals surface area contributed by atoms with E-state index < -0.39 is 5.91 Å². The molecule has 1 fully saturated rings. The molecule has 1 saturated heterocycles. The van der Waals surface area contributed by atoms with Gasteiger partial charge in [-0.2, -0.15) is 0 Å². The lowest BCUT2D eigenvalue weighted by molar-refractivity contribution is -0.119. The van der Waals surface area contributed by atoms with Gasteiger partial charge in [-0.1, -0.05) is 35.9 Å². The molecule has 5 nitrogen and oxygen atoms in total. The van der Waals surface area contributed by atoms with Crippen LogP contribution >= 0.6 is 11.6 Å². The molecule has 1 atom stereocenters. The zero-order valence-corrected chi connectivity index (χ0v) is 14.6. The van der Waals surface area contributed by atoms with E-state index in [9.17, 15) is 4.79 Å². The number of benzene rings is 2. The molecule has 2 aromatic rings. The second-order valence-electron chi connectivity index (χ2n) is 6.05. The number of ether oxygens (including phenoxy) is 2. The van der Waals surface area contributed by atoms with Crippen molar-refractivity contribution >= 4 is 17.5 Å². The lowest BCUT2D eigenvalue weighted by Gasteiger charge is -2.33. The smallest absolute Gasteiger partial charge is 0.255 e. The second kappa shape index (κ2) is 8.34. The van der Waals surface area contributed by atoms with Crippen LogP contribution in [0.5, 0.6) is 5.75 Å². The van der Waals surface area contributed by atoms with E-state index in [0.29, 0.717) is 12.4 Å². The number of primary amides is 1. The van der Waals surface area contributed by atoms with Crippen molar-refractivity contribution in [3.63, 3.8) is 0 Å². The number of nitrogens with zero attached hydrogens (tertiary/aromatic N) is 1. The molecule has 25 heavy (non-hydrogen) atoms. The van der Waals surface area contributed by atoms with Gasteiger partial charge in [0.15, 0.2) is 6.61 Å². The number of hydrogen-bond acceptors (Lipinski definition) is 4. The molecule has 1 aliphatic rings. The average molecular weight is 361 g/mol. The van der Waals surface area contributed by atoms with E-state index in [1.54, 1.807) is 0 Å². The molecule has 0 spiro atoms. The minimum absolute atomic E-state index is 0.0594. The van der Waals surface area contributed by atoms with Crippen molar-refractivity contribution in [2.24, 2.45) is 5.73 Å². The lowest BCUT2D eigenvalue weighted by atomic mass is 10.1. The van der Waals surface area contributed by atoms with E-state index in [-0.39, 0.29) is 12.7 Å².